The molecule has 4 rings (SSSR count). The van der Waals surface area contributed by atoms with E-state index in [4.69, 9.17) is 0 Å². The van der Waals surface area contributed by atoms with E-state index < -0.39 is 65.9 Å². The Morgan fingerprint density at radius 2 is 1.60 bits per heavy atom. The maximum atomic E-state index is 14.2. The Kier molecular flexibility index (Phi) is 9.71. The highest BCUT2D eigenvalue weighted by Gasteiger charge is 2.74. The second kappa shape index (κ2) is 12.5. The third-order valence-electron chi connectivity index (χ3n) is 8.99. The average molecular weight is 677 g/mol. The summed E-state index contributed by atoms with van der Waals surface area (Å²) in [7, 11) is 1.01. The van der Waals surface area contributed by atoms with Crippen molar-refractivity contribution in [2.24, 2.45) is 0 Å². The zero-order valence-corrected chi connectivity index (χ0v) is 25.9. The molecule has 2 aromatic carbocycles. The van der Waals surface area contributed by atoms with Gasteiger partial charge in [0.05, 0.1) is 11.6 Å². The van der Waals surface area contributed by atoms with E-state index in [1.165, 1.54) is 25.7 Å². The number of alkyl halides is 4. The molecule has 3 atom stereocenters. The maximum Gasteiger partial charge on any atom is 0.416 e. The van der Waals surface area contributed by atoms with E-state index in [2.05, 4.69) is 0 Å². The number of amides is 3. The minimum absolute atomic E-state index is 0.0250. The highest BCUT2D eigenvalue weighted by Crippen LogP contribution is 2.50. The Morgan fingerprint density at radius 3 is 2.11 bits per heavy atom. The molecule has 17 heteroatoms. The van der Waals surface area contributed by atoms with Crippen LogP contribution in [0.4, 0.5) is 26.7 Å². The molecule has 0 bridgehead atoms. The van der Waals surface area contributed by atoms with Crippen LogP contribution in [-0.2, 0) is 17.6 Å². The lowest BCUT2D eigenvalue weighted by Gasteiger charge is -2.61. The van der Waals surface area contributed by atoms with Crippen LogP contribution < -0.4 is 0 Å². The van der Waals surface area contributed by atoms with E-state index in [9.17, 15) is 62.2 Å². The van der Waals surface area contributed by atoms with Crippen molar-refractivity contribution in [1.29, 1.82) is 0 Å². The molecule has 2 aromatic rings. The summed E-state index contributed by atoms with van der Waals surface area (Å²) in [6.45, 7) is 2.07. The summed E-state index contributed by atoms with van der Waals surface area (Å²) in [6.07, 6.45) is -4.89. The fourth-order valence-electron chi connectivity index (χ4n) is 6.31. The molecule has 0 spiro atoms. The first-order valence-electron chi connectivity index (χ1n) is 14.5. The van der Waals surface area contributed by atoms with Crippen molar-refractivity contribution >= 4 is 11.9 Å². The first kappa shape index (κ1) is 36.4. The van der Waals surface area contributed by atoms with Crippen molar-refractivity contribution in [3.05, 3.63) is 70.0 Å². The fraction of sp³-hybridized carbons (Fsp3) is 0.533. The number of likely N-dealkylation sites (tertiary alicyclic amines) is 1. The van der Waals surface area contributed by atoms with Gasteiger partial charge in [0.15, 0.2) is 0 Å². The molecule has 2 fully saturated rings. The molecule has 2 aliphatic heterocycles. The van der Waals surface area contributed by atoms with Crippen LogP contribution in [0.15, 0.2) is 36.4 Å². The van der Waals surface area contributed by atoms with Crippen LogP contribution in [0.3, 0.4) is 0 Å². The quantitative estimate of drug-likeness (QED) is 0.202. The van der Waals surface area contributed by atoms with Gasteiger partial charge in [-0.3, -0.25) is 14.6 Å². The van der Waals surface area contributed by atoms with Crippen LogP contribution in [-0.4, -0.2) is 119 Å². The first-order valence-corrected chi connectivity index (χ1v) is 14.5. The van der Waals surface area contributed by atoms with Gasteiger partial charge in [0.25, 0.3) is 5.79 Å². The van der Waals surface area contributed by atoms with Crippen LogP contribution >= 0.6 is 0 Å². The minimum Gasteiger partial charge on any atom is -0.362 e. The Hall–Kier alpha value is -3.45. The molecule has 0 saturated carbocycles. The smallest absolute Gasteiger partial charge is 0.362 e. The van der Waals surface area contributed by atoms with Gasteiger partial charge in [0.2, 0.25) is 11.7 Å². The van der Waals surface area contributed by atoms with Crippen LogP contribution in [0, 0.1) is 12.7 Å². The number of aryl methyl sites for hydroxylation is 1. The van der Waals surface area contributed by atoms with Gasteiger partial charge in [-0.1, -0.05) is 12.1 Å². The number of aliphatic hydroxyl groups is 6. The summed E-state index contributed by atoms with van der Waals surface area (Å²) in [5.74, 6) is -12.5. The van der Waals surface area contributed by atoms with E-state index in [1.54, 1.807) is 0 Å². The minimum atomic E-state index is -4.89. The monoisotopic (exact) mass is 676 g/mol. The number of benzene rings is 2. The zero-order valence-electron chi connectivity index (χ0n) is 25.9. The molecule has 47 heavy (non-hydrogen) atoms. The topological polar surface area (TPSA) is 168 Å². The summed E-state index contributed by atoms with van der Waals surface area (Å²) < 4.78 is 68.5. The normalized spacial score (nSPS) is 23.4. The summed E-state index contributed by atoms with van der Waals surface area (Å²) >= 11 is 0. The van der Waals surface area contributed by atoms with E-state index in [0.29, 0.717) is 17.0 Å². The van der Waals surface area contributed by atoms with Crippen molar-refractivity contribution in [2.45, 2.75) is 69.2 Å². The highest BCUT2D eigenvalue weighted by atomic mass is 19.4. The number of nitrogens with zero attached hydrogens (tertiary/aromatic N) is 4. The lowest BCUT2D eigenvalue weighted by molar-refractivity contribution is -0.482. The number of urea groups is 1. The summed E-state index contributed by atoms with van der Waals surface area (Å²) in [5.41, 5.74) is -2.13. The van der Waals surface area contributed by atoms with Gasteiger partial charge >= 0.3 is 18.1 Å². The standard InChI is InChI=1S/C30H37F5N4O8/c1-16-11-22(32)5-6-23(16)24-27(42,43)25(38-9-7-37(8-10-38)18(3)40)28(44,45)30(46,47)39(24)26(41)36(4)17(2)20-12-19(15-31)13-21(14-20)29(33,34)35/h5-6,11-14,17,24-25,42-47H,7-10,15H2,1-4H3. The number of hydrogen-bond donors (Lipinski definition) is 6. The Labute approximate surface area is 266 Å². The molecule has 3 unspecified atom stereocenters. The number of halogens is 5. The number of hydrogen-bond acceptors (Lipinski definition) is 9. The van der Waals surface area contributed by atoms with Crippen LogP contribution in [0.5, 0.6) is 0 Å². The molecule has 2 heterocycles. The van der Waals surface area contributed by atoms with E-state index in [1.807, 2.05) is 0 Å². The molecule has 2 saturated heterocycles. The molecule has 3 amide bonds. The van der Waals surface area contributed by atoms with Gasteiger partial charge in [-0.2, -0.15) is 13.2 Å². The lowest BCUT2D eigenvalue weighted by atomic mass is 9.77. The maximum absolute atomic E-state index is 14.2. The van der Waals surface area contributed by atoms with Crippen molar-refractivity contribution in [2.75, 3.05) is 33.2 Å². The summed E-state index contributed by atoms with van der Waals surface area (Å²) in [5, 5.41) is 69.2. The molecular formula is C30H37F5N4O8. The van der Waals surface area contributed by atoms with E-state index in [0.717, 1.165) is 36.2 Å². The fourth-order valence-corrected chi connectivity index (χ4v) is 6.31. The van der Waals surface area contributed by atoms with Crippen molar-refractivity contribution in [3.8, 4) is 0 Å². The van der Waals surface area contributed by atoms with Crippen molar-refractivity contribution < 1.29 is 62.2 Å². The van der Waals surface area contributed by atoms with Crippen LogP contribution in [0.2, 0.25) is 0 Å². The lowest BCUT2D eigenvalue weighted by Crippen LogP contribution is -2.85. The molecule has 0 aromatic heterocycles. The number of piperidine rings is 1. The number of carbonyl (C=O) groups excluding carboxylic acids is 2. The third-order valence-corrected chi connectivity index (χ3v) is 8.99. The highest BCUT2D eigenvalue weighted by molar-refractivity contribution is 5.77. The van der Waals surface area contributed by atoms with Gasteiger partial charge in [-0.25, -0.2) is 13.6 Å². The van der Waals surface area contributed by atoms with E-state index in [-0.39, 0.29) is 59.2 Å². The zero-order chi connectivity index (χ0) is 35.4. The SMILES string of the molecule is CC(=O)N1CCN(C2C(O)(O)C(c3ccc(F)cc3C)N(C(=O)N(C)C(C)c3cc(CF)cc(C(F)(F)F)c3)C(O)(O)C2(O)O)CC1. The summed E-state index contributed by atoms with van der Waals surface area (Å²) in [6, 6.07) is -2.44. The summed E-state index contributed by atoms with van der Waals surface area (Å²) in [4.78, 5) is 29.1. The van der Waals surface area contributed by atoms with Gasteiger partial charge in [-0.05, 0) is 60.4 Å². The van der Waals surface area contributed by atoms with Gasteiger partial charge in [0.1, 0.15) is 24.6 Å². The van der Waals surface area contributed by atoms with Crippen molar-refractivity contribution in [1.82, 2.24) is 19.6 Å². The third kappa shape index (κ3) is 6.40. The van der Waals surface area contributed by atoms with Crippen LogP contribution in [0.25, 0.3) is 0 Å². The molecule has 0 radical (unpaired) electrons. The second-order valence-electron chi connectivity index (χ2n) is 12.0. The van der Waals surface area contributed by atoms with Crippen molar-refractivity contribution in [3.63, 3.8) is 0 Å². The molecule has 0 aliphatic carbocycles. The Morgan fingerprint density at radius 1 is 1.00 bits per heavy atom. The molecule has 6 N–H and O–H groups in total. The predicted octanol–water partition coefficient (Wildman–Crippen LogP) is 1.33. The average Bonchev–Trinajstić information content (AvgIpc) is 2.97. The van der Waals surface area contributed by atoms with Crippen LogP contribution in [0.1, 0.15) is 53.7 Å². The largest absolute Gasteiger partial charge is 0.416 e. The molecule has 260 valence electrons. The molecule has 2 aliphatic rings. The van der Waals surface area contributed by atoms with Gasteiger partial charge in [-0.15, -0.1) is 0 Å². The number of piperazine rings is 1. The predicted molar refractivity (Wildman–Crippen MR) is 153 cm³/mol. The molecular weight excluding hydrogens is 639 g/mol. The van der Waals surface area contributed by atoms with Gasteiger partial charge in [0, 0.05) is 40.2 Å². The molecule has 12 nitrogen and oxygen atoms in total. The van der Waals surface area contributed by atoms with E-state index >= 15 is 0 Å². The van der Waals surface area contributed by atoms with Gasteiger partial charge < -0.3 is 40.4 Å². The Bertz CT molecular complexity index is 1510. The second-order valence-corrected chi connectivity index (χ2v) is 12.0. The Balaban J connectivity index is 1.86. The number of carbonyl (C=O) groups is 2. The first-order chi connectivity index (χ1) is 21.6. The number of rotatable bonds is 5.